The zero-order valence-electron chi connectivity index (χ0n) is 8.17. The van der Waals surface area contributed by atoms with Gasteiger partial charge in [-0.15, -0.1) is 0 Å². The fraction of sp³-hybridized carbons (Fsp3) is 0.700. The number of rotatable bonds is 6. The number of methoxy groups -OCH3 is 1. The zero-order chi connectivity index (χ0) is 9.40. The van der Waals surface area contributed by atoms with Crippen LogP contribution in [-0.4, -0.2) is 13.4 Å². The minimum Gasteiger partial charge on any atom is -0.502 e. The van der Waals surface area contributed by atoms with E-state index in [1.54, 1.807) is 7.11 Å². The van der Waals surface area contributed by atoms with Crippen molar-refractivity contribution in [3.8, 4) is 0 Å². The lowest BCUT2D eigenvalue weighted by molar-refractivity contribution is -0.108. The Kier molecular flexibility index (Phi) is 6.44. The van der Waals surface area contributed by atoms with E-state index in [4.69, 9.17) is 4.74 Å². The lowest BCUT2D eigenvalue weighted by Gasteiger charge is -2.04. The molecule has 0 aliphatic rings. The third-order valence-corrected chi connectivity index (χ3v) is 1.91. The van der Waals surface area contributed by atoms with Gasteiger partial charge in [0.15, 0.2) is 0 Å². The van der Waals surface area contributed by atoms with Crippen LogP contribution < -0.4 is 0 Å². The normalized spacial score (nSPS) is 14.1. The van der Waals surface area contributed by atoms with Crippen LogP contribution in [0.2, 0.25) is 0 Å². The van der Waals surface area contributed by atoms with Gasteiger partial charge in [-0.3, -0.25) is 0 Å². The Balaban J connectivity index is 3.47. The molecule has 0 radical (unpaired) electrons. The van der Waals surface area contributed by atoms with Gasteiger partial charge >= 0.3 is 0 Å². The summed E-state index contributed by atoms with van der Waals surface area (Å²) in [5, 5.41) is 0. The van der Waals surface area contributed by atoms with Gasteiger partial charge in [0.25, 0.3) is 0 Å². The maximum Gasteiger partial charge on any atom is 0.120 e. The second-order valence-electron chi connectivity index (χ2n) is 3.10. The average molecular weight is 170 g/mol. The van der Waals surface area contributed by atoms with Crippen molar-refractivity contribution in [2.45, 2.75) is 33.1 Å². The fourth-order valence-electron chi connectivity index (χ4n) is 0.937. The summed E-state index contributed by atoms with van der Waals surface area (Å²) in [5.74, 6) is 1.44. The summed E-state index contributed by atoms with van der Waals surface area (Å²) in [4.78, 5) is 10.1. The lowest BCUT2D eigenvalue weighted by Crippen LogP contribution is -1.94. The van der Waals surface area contributed by atoms with Gasteiger partial charge in [0.2, 0.25) is 0 Å². The number of carbonyl (C=O) groups excluding carboxylic acids is 1. The molecule has 0 aromatic rings. The molecule has 0 spiro atoms. The van der Waals surface area contributed by atoms with Crippen LogP contribution in [0.5, 0.6) is 0 Å². The van der Waals surface area contributed by atoms with Crippen LogP contribution in [0.15, 0.2) is 11.8 Å². The van der Waals surface area contributed by atoms with Crippen LogP contribution in [0.25, 0.3) is 0 Å². The Morgan fingerprint density at radius 1 is 1.58 bits per heavy atom. The molecule has 0 amide bonds. The second kappa shape index (κ2) is 6.89. The average Bonchev–Trinajstić information content (AvgIpc) is 2.04. The highest BCUT2D eigenvalue weighted by molar-refractivity contribution is 5.49. The molecule has 0 aliphatic heterocycles. The number of aldehydes is 1. The predicted octanol–water partition coefficient (Wildman–Crippen LogP) is 2.54. The molecule has 0 saturated carbocycles. The molecule has 0 aromatic heterocycles. The van der Waals surface area contributed by atoms with Gasteiger partial charge in [-0.1, -0.05) is 6.92 Å². The van der Waals surface area contributed by atoms with Crippen molar-refractivity contribution in [3.05, 3.63) is 11.8 Å². The summed E-state index contributed by atoms with van der Waals surface area (Å²) in [5.41, 5.74) is 0. The maximum absolute atomic E-state index is 10.1. The Bertz CT molecular complexity index is 150. The van der Waals surface area contributed by atoms with Crippen molar-refractivity contribution in [3.63, 3.8) is 0 Å². The third-order valence-electron chi connectivity index (χ3n) is 1.91. The van der Waals surface area contributed by atoms with E-state index in [1.165, 1.54) is 0 Å². The molecule has 0 heterocycles. The summed E-state index contributed by atoms with van der Waals surface area (Å²) in [6.07, 6.45) is 5.76. The Hall–Kier alpha value is -0.790. The molecule has 2 heteroatoms. The van der Waals surface area contributed by atoms with Crippen LogP contribution in [0.1, 0.15) is 33.1 Å². The van der Waals surface area contributed by atoms with Gasteiger partial charge in [-0.25, -0.2) is 0 Å². The van der Waals surface area contributed by atoms with E-state index >= 15 is 0 Å². The standard InChI is InChI=1S/C10H18O2/c1-9(7-8-11)5-4-6-10(2)12-3/h6,8-9H,4-5,7H2,1-3H3. The van der Waals surface area contributed by atoms with E-state index in [0.29, 0.717) is 12.3 Å². The molecule has 0 bridgehead atoms. The Morgan fingerprint density at radius 3 is 2.75 bits per heavy atom. The van der Waals surface area contributed by atoms with Crippen molar-refractivity contribution in [2.24, 2.45) is 5.92 Å². The van der Waals surface area contributed by atoms with Crippen LogP contribution in [-0.2, 0) is 9.53 Å². The van der Waals surface area contributed by atoms with Crippen LogP contribution in [0, 0.1) is 5.92 Å². The van der Waals surface area contributed by atoms with Crippen molar-refractivity contribution < 1.29 is 9.53 Å². The summed E-state index contributed by atoms with van der Waals surface area (Å²) >= 11 is 0. The highest BCUT2D eigenvalue weighted by atomic mass is 16.5. The minimum atomic E-state index is 0.489. The fourth-order valence-corrected chi connectivity index (χ4v) is 0.937. The van der Waals surface area contributed by atoms with Crippen LogP contribution in [0.3, 0.4) is 0 Å². The number of carbonyl (C=O) groups is 1. The molecule has 0 fully saturated rings. The summed E-state index contributed by atoms with van der Waals surface area (Å²) in [6.45, 7) is 4.02. The van der Waals surface area contributed by atoms with E-state index in [1.807, 2.05) is 6.92 Å². The Morgan fingerprint density at radius 2 is 2.25 bits per heavy atom. The smallest absolute Gasteiger partial charge is 0.120 e. The molecular weight excluding hydrogens is 152 g/mol. The first-order chi connectivity index (χ1) is 5.70. The van der Waals surface area contributed by atoms with Crippen molar-refractivity contribution in [1.82, 2.24) is 0 Å². The van der Waals surface area contributed by atoms with Gasteiger partial charge in [0.1, 0.15) is 6.29 Å². The zero-order valence-corrected chi connectivity index (χ0v) is 8.17. The van der Waals surface area contributed by atoms with E-state index in [2.05, 4.69) is 13.0 Å². The molecule has 0 rings (SSSR count). The first-order valence-electron chi connectivity index (χ1n) is 4.35. The third kappa shape index (κ3) is 5.96. The first-order valence-corrected chi connectivity index (χ1v) is 4.35. The molecule has 0 aliphatic carbocycles. The van der Waals surface area contributed by atoms with Gasteiger partial charge < -0.3 is 9.53 Å². The molecule has 12 heavy (non-hydrogen) atoms. The largest absolute Gasteiger partial charge is 0.502 e. The molecule has 2 nitrogen and oxygen atoms in total. The molecule has 1 unspecified atom stereocenters. The van der Waals surface area contributed by atoms with Crippen molar-refractivity contribution in [2.75, 3.05) is 7.11 Å². The van der Waals surface area contributed by atoms with E-state index in [0.717, 1.165) is 24.9 Å². The van der Waals surface area contributed by atoms with Gasteiger partial charge in [-0.05, 0) is 31.8 Å². The second-order valence-corrected chi connectivity index (χ2v) is 3.10. The van der Waals surface area contributed by atoms with E-state index < -0.39 is 0 Å². The van der Waals surface area contributed by atoms with Gasteiger partial charge in [0, 0.05) is 6.42 Å². The molecule has 70 valence electrons. The number of ether oxygens (including phenoxy) is 1. The maximum atomic E-state index is 10.1. The van der Waals surface area contributed by atoms with Crippen molar-refractivity contribution >= 4 is 6.29 Å². The number of allylic oxidation sites excluding steroid dienone is 2. The number of hydrogen-bond acceptors (Lipinski definition) is 2. The Labute approximate surface area is 74.6 Å². The molecule has 0 N–H and O–H groups in total. The molecular formula is C10H18O2. The highest BCUT2D eigenvalue weighted by Crippen LogP contribution is 2.10. The summed E-state index contributed by atoms with van der Waals surface area (Å²) in [6, 6.07) is 0. The van der Waals surface area contributed by atoms with Crippen LogP contribution >= 0.6 is 0 Å². The molecule has 0 saturated heterocycles. The summed E-state index contributed by atoms with van der Waals surface area (Å²) in [7, 11) is 1.67. The van der Waals surface area contributed by atoms with Crippen molar-refractivity contribution in [1.29, 1.82) is 0 Å². The first kappa shape index (κ1) is 11.2. The van der Waals surface area contributed by atoms with E-state index in [-0.39, 0.29) is 0 Å². The molecule has 0 aromatic carbocycles. The topological polar surface area (TPSA) is 26.3 Å². The minimum absolute atomic E-state index is 0.489. The van der Waals surface area contributed by atoms with Gasteiger partial charge in [0.05, 0.1) is 12.9 Å². The monoisotopic (exact) mass is 170 g/mol. The van der Waals surface area contributed by atoms with E-state index in [9.17, 15) is 4.79 Å². The quantitative estimate of drug-likeness (QED) is 0.452. The number of hydrogen-bond donors (Lipinski definition) is 0. The van der Waals surface area contributed by atoms with Crippen LogP contribution in [0.4, 0.5) is 0 Å². The highest BCUT2D eigenvalue weighted by Gasteiger charge is 1.98. The summed E-state index contributed by atoms with van der Waals surface area (Å²) < 4.78 is 4.98. The van der Waals surface area contributed by atoms with Gasteiger partial charge in [-0.2, -0.15) is 0 Å². The molecule has 1 atom stereocenters. The SMILES string of the molecule is COC(C)=CCCC(C)CC=O. The predicted molar refractivity (Wildman–Crippen MR) is 49.8 cm³/mol. The lowest BCUT2D eigenvalue weighted by atomic mass is 10.0.